The van der Waals surface area contributed by atoms with Gasteiger partial charge in [0.2, 0.25) is 5.91 Å². The molecule has 0 spiro atoms. The molecule has 0 atom stereocenters. The van der Waals surface area contributed by atoms with Crippen LogP contribution < -0.4 is 10.2 Å². The summed E-state index contributed by atoms with van der Waals surface area (Å²) >= 11 is 13.8. The van der Waals surface area contributed by atoms with Gasteiger partial charge in [-0.05, 0) is 30.5 Å². The molecule has 1 aromatic heterocycles. The van der Waals surface area contributed by atoms with Crippen LogP contribution in [0.3, 0.4) is 0 Å². The van der Waals surface area contributed by atoms with E-state index in [0.29, 0.717) is 16.6 Å². The summed E-state index contributed by atoms with van der Waals surface area (Å²) in [5, 5.41) is 4.05. The number of carbonyl (C=O) groups excluding carboxylic acids is 1. The average Bonchev–Trinajstić information content (AvgIpc) is 2.63. The minimum Gasteiger partial charge on any atom is -0.353 e. The van der Waals surface area contributed by atoms with Crippen LogP contribution in [0.1, 0.15) is 0 Å². The number of halogens is 2. The lowest BCUT2D eigenvalue weighted by molar-refractivity contribution is -0.117. The Kier molecular flexibility index (Phi) is 6.64. The fourth-order valence-electron chi connectivity index (χ4n) is 2.86. The highest BCUT2D eigenvalue weighted by Crippen LogP contribution is 2.26. The van der Waals surface area contributed by atoms with Crippen molar-refractivity contribution in [1.29, 1.82) is 0 Å². The fraction of sp³-hybridized carbons (Fsp3) is 0.333. The van der Waals surface area contributed by atoms with Gasteiger partial charge in [-0.15, -0.1) is 11.8 Å². The topological polar surface area (TPSA) is 48.5 Å². The maximum atomic E-state index is 12.3. The molecule has 8 heteroatoms. The molecule has 2 heterocycles. The molecule has 0 unspecified atom stereocenters. The lowest BCUT2D eigenvalue weighted by Gasteiger charge is -2.35. The zero-order valence-electron chi connectivity index (χ0n) is 14.4. The van der Waals surface area contributed by atoms with Gasteiger partial charge < -0.3 is 10.2 Å². The number of anilines is 2. The standard InChI is InChI=1S/C18H20Cl2N4OS/c1-26-15-4-2-3-14(10-15)22-17(25)12-23-5-7-24(8-6-23)18-16(20)9-13(19)11-21-18/h2-4,9-11H,5-8,12H2,1H3,(H,22,25). The van der Waals surface area contributed by atoms with Gasteiger partial charge in [-0.2, -0.15) is 0 Å². The molecule has 0 aliphatic carbocycles. The third kappa shape index (κ3) is 5.04. The van der Waals surface area contributed by atoms with E-state index in [4.69, 9.17) is 23.2 Å². The molecule has 0 bridgehead atoms. The molecular weight excluding hydrogens is 391 g/mol. The van der Waals surface area contributed by atoms with Gasteiger partial charge in [0.15, 0.2) is 0 Å². The van der Waals surface area contributed by atoms with E-state index in [2.05, 4.69) is 20.1 Å². The maximum Gasteiger partial charge on any atom is 0.238 e. The first kappa shape index (κ1) is 19.3. The Labute approximate surface area is 167 Å². The number of pyridine rings is 1. The number of thioether (sulfide) groups is 1. The monoisotopic (exact) mass is 410 g/mol. The summed E-state index contributed by atoms with van der Waals surface area (Å²) in [6.45, 7) is 3.46. The SMILES string of the molecule is CSc1cccc(NC(=O)CN2CCN(c3ncc(Cl)cc3Cl)CC2)c1. The van der Waals surface area contributed by atoms with Crippen LogP contribution in [-0.2, 0) is 4.79 Å². The molecule has 2 aromatic rings. The summed E-state index contributed by atoms with van der Waals surface area (Å²) in [5.74, 6) is 0.744. The maximum absolute atomic E-state index is 12.3. The lowest BCUT2D eigenvalue weighted by atomic mass is 10.3. The molecule has 1 amide bonds. The van der Waals surface area contributed by atoms with E-state index < -0.39 is 0 Å². The number of hydrogen-bond acceptors (Lipinski definition) is 5. The van der Waals surface area contributed by atoms with Crippen molar-refractivity contribution in [2.75, 3.05) is 49.2 Å². The van der Waals surface area contributed by atoms with Crippen LogP contribution in [0.4, 0.5) is 11.5 Å². The summed E-state index contributed by atoms with van der Waals surface area (Å²) in [6, 6.07) is 9.56. The molecule has 0 saturated carbocycles. The van der Waals surface area contributed by atoms with Crippen molar-refractivity contribution in [3.63, 3.8) is 0 Å². The first-order valence-electron chi connectivity index (χ1n) is 8.27. The largest absolute Gasteiger partial charge is 0.353 e. The summed E-state index contributed by atoms with van der Waals surface area (Å²) in [4.78, 5) is 22.0. The van der Waals surface area contributed by atoms with Crippen molar-refractivity contribution in [3.05, 3.63) is 46.6 Å². The number of hydrogen-bond donors (Lipinski definition) is 1. The summed E-state index contributed by atoms with van der Waals surface area (Å²) in [5.41, 5.74) is 0.831. The highest BCUT2D eigenvalue weighted by molar-refractivity contribution is 7.98. The van der Waals surface area contributed by atoms with Crippen molar-refractivity contribution < 1.29 is 4.79 Å². The smallest absolute Gasteiger partial charge is 0.238 e. The number of benzene rings is 1. The first-order chi connectivity index (χ1) is 12.5. The number of rotatable bonds is 5. The van der Waals surface area contributed by atoms with Crippen LogP contribution in [0.25, 0.3) is 0 Å². The van der Waals surface area contributed by atoms with Crippen molar-refractivity contribution in [3.8, 4) is 0 Å². The normalized spacial score (nSPS) is 15.1. The lowest BCUT2D eigenvalue weighted by Crippen LogP contribution is -2.49. The second-order valence-electron chi connectivity index (χ2n) is 6.00. The van der Waals surface area contributed by atoms with Crippen LogP contribution in [0, 0.1) is 0 Å². The van der Waals surface area contributed by atoms with E-state index in [1.165, 1.54) is 0 Å². The molecule has 1 aliphatic heterocycles. The predicted octanol–water partition coefficient (Wildman–Crippen LogP) is 3.87. The highest BCUT2D eigenvalue weighted by atomic mass is 35.5. The minimum atomic E-state index is -0.000599. The van der Waals surface area contributed by atoms with Crippen molar-refractivity contribution in [2.24, 2.45) is 0 Å². The van der Waals surface area contributed by atoms with Gasteiger partial charge >= 0.3 is 0 Å². The minimum absolute atomic E-state index is 0.000599. The Bertz CT molecular complexity index is 782. The van der Waals surface area contributed by atoms with E-state index in [9.17, 15) is 4.79 Å². The molecule has 1 aliphatic rings. The van der Waals surface area contributed by atoms with Crippen LogP contribution in [0.5, 0.6) is 0 Å². The molecule has 1 saturated heterocycles. The van der Waals surface area contributed by atoms with E-state index in [1.807, 2.05) is 30.5 Å². The third-order valence-corrected chi connectivity index (χ3v) is 5.39. The van der Waals surface area contributed by atoms with Gasteiger partial charge in [-0.25, -0.2) is 4.98 Å². The molecular formula is C18H20Cl2N4OS. The molecule has 1 aromatic carbocycles. The van der Waals surface area contributed by atoms with Gasteiger partial charge in [0.05, 0.1) is 16.6 Å². The second kappa shape index (κ2) is 8.95. The van der Waals surface area contributed by atoms with Gasteiger partial charge in [-0.1, -0.05) is 29.3 Å². The summed E-state index contributed by atoms with van der Waals surface area (Å²) < 4.78 is 0. The first-order valence-corrected chi connectivity index (χ1v) is 10.3. The highest BCUT2D eigenvalue weighted by Gasteiger charge is 2.21. The number of piperazine rings is 1. The summed E-state index contributed by atoms with van der Waals surface area (Å²) in [6.07, 6.45) is 3.62. The van der Waals surface area contributed by atoms with E-state index in [1.54, 1.807) is 24.0 Å². The molecule has 0 radical (unpaired) electrons. The van der Waals surface area contributed by atoms with E-state index >= 15 is 0 Å². The van der Waals surface area contributed by atoms with Crippen LogP contribution in [0.15, 0.2) is 41.4 Å². The fourth-order valence-corrected chi connectivity index (χ4v) is 3.82. The number of aromatic nitrogens is 1. The number of nitrogens with one attached hydrogen (secondary N) is 1. The Balaban J connectivity index is 1.51. The predicted molar refractivity (Wildman–Crippen MR) is 110 cm³/mol. The Morgan fingerprint density at radius 3 is 2.69 bits per heavy atom. The van der Waals surface area contributed by atoms with Crippen LogP contribution in [-0.4, -0.2) is 54.8 Å². The van der Waals surface area contributed by atoms with Gasteiger partial charge in [0.1, 0.15) is 5.82 Å². The molecule has 5 nitrogen and oxygen atoms in total. The molecule has 1 N–H and O–H groups in total. The Morgan fingerprint density at radius 1 is 1.23 bits per heavy atom. The Hall–Kier alpha value is -1.47. The average molecular weight is 411 g/mol. The van der Waals surface area contributed by atoms with Gasteiger partial charge in [0.25, 0.3) is 0 Å². The van der Waals surface area contributed by atoms with Crippen LogP contribution in [0.2, 0.25) is 10.0 Å². The number of nitrogens with zero attached hydrogens (tertiary/aromatic N) is 3. The third-order valence-electron chi connectivity index (χ3n) is 4.18. The van der Waals surface area contributed by atoms with E-state index in [-0.39, 0.29) is 5.91 Å². The van der Waals surface area contributed by atoms with Gasteiger partial charge in [-0.3, -0.25) is 9.69 Å². The van der Waals surface area contributed by atoms with E-state index in [0.717, 1.165) is 42.6 Å². The summed E-state index contributed by atoms with van der Waals surface area (Å²) in [7, 11) is 0. The number of amides is 1. The quantitative estimate of drug-likeness (QED) is 0.757. The number of carbonyl (C=O) groups is 1. The van der Waals surface area contributed by atoms with Crippen molar-refractivity contribution in [1.82, 2.24) is 9.88 Å². The zero-order valence-corrected chi connectivity index (χ0v) is 16.7. The Morgan fingerprint density at radius 2 is 2.00 bits per heavy atom. The molecule has 26 heavy (non-hydrogen) atoms. The van der Waals surface area contributed by atoms with Gasteiger partial charge in [0, 0.05) is 43.0 Å². The second-order valence-corrected chi connectivity index (χ2v) is 7.73. The van der Waals surface area contributed by atoms with Crippen molar-refractivity contribution >= 4 is 52.4 Å². The van der Waals surface area contributed by atoms with Crippen LogP contribution >= 0.6 is 35.0 Å². The molecule has 138 valence electrons. The zero-order chi connectivity index (χ0) is 18.5. The van der Waals surface area contributed by atoms with Crippen molar-refractivity contribution in [2.45, 2.75) is 4.90 Å². The molecule has 1 fully saturated rings. The molecule has 3 rings (SSSR count).